The van der Waals surface area contributed by atoms with E-state index in [1.165, 1.54) is 30.4 Å². The molecular weight excluding hydrogens is 352 g/mol. The van der Waals surface area contributed by atoms with Gasteiger partial charge in [0.05, 0.1) is 18.8 Å². The molecule has 2 N–H and O–H groups in total. The number of aliphatic hydroxyl groups excluding tert-OH is 2. The van der Waals surface area contributed by atoms with Crippen LogP contribution in [0.3, 0.4) is 0 Å². The van der Waals surface area contributed by atoms with Gasteiger partial charge >= 0.3 is 0 Å². The van der Waals surface area contributed by atoms with Crippen LogP contribution in [0.2, 0.25) is 18.1 Å². The van der Waals surface area contributed by atoms with Gasteiger partial charge in [0.15, 0.2) is 8.32 Å². The van der Waals surface area contributed by atoms with Crippen LogP contribution in [0.4, 0.5) is 0 Å². The van der Waals surface area contributed by atoms with Gasteiger partial charge in [-0.05, 0) is 64.1 Å². The Bertz CT molecular complexity index is 502. The van der Waals surface area contributed by atoms with E-state index in [1.807, 2.05) is 13.0 Å². The van der Waals surface area contributed by atoms with Crippen LogP contribution in [0.15, 0.2) is 23.3 Å². The SMILES string of the molecule is C/C(=C/CO)CCCC(O)/C=C(\C)[C@H]1CCCC[C@@H]1O[Si](C)(C)C(C)(C)C. The number of rotatable bonds is 9. The normalized spacial score (nSPS) is 24.2. The third-order valence-corrected chi connectivity index (χ3v) is 11.0. The molecule has 1 fully saturated rings. The summed E-state index contributed by atoms with van der Waals surface area (Å²) < 4.78 is 6.78. The van der Waals surface area contributed by atoms with Gasteiger partial charge in [-0.25, -0.2) is 0 Å². The van der Waals surface area contributed by atoms with Crippen molar-refractivity contribution < 1.29 is 14.6 Å². The predicted octanol–water partition coefficient (Wildman–Crippen LogP) is 5.98. The highest BCUT2D eigenvalue weighted by Gasteiger charge is 2.41. The van der Waals surface area contributed by atoms with Gasteiger partial charge in [0.2, 0.25) is 0 Å². The highest BCUT2D eigenvalue weighted by atomic mass is 28.4. The number of hydrogen-bond donors (Lipinski definition) is 2. The summed E-state index contributed by atoms with van der Waals surface area (Å²) in [7, 11) is -1.78. The highest BCUT2D eigenvalue weighted by Crippen LogP contribution is 2.41. The van der Waals surface area contributed by atoms with E-state index >= 15 is 0 Å². The molecule has 0 spiro atoms. The van der Waals surface area contributed by atoms with Gasteiger partial charge in [0, 0.05) is 5.92 Å². The molecule has 158 valence electrons. The first-order chi connectivity index (χ1) is 12.5. The molecule has 3 atom stereocenters. The topological polar surface area (TPSA) is 49.7 Å². The lowest BCUT2D eigenvalue weighted by Crippen LogP contribution is -2.46. The van der Waals surface area contributed by atoms with Gasteiger partial charge in [-0.3, -0.25) is 0 Å². The first-order valence-electron chi connectivity index (χ1n) is 10.8. The summed E-state index contributed by atoms with van der Waals surface area (Å²) in [6.45, 7) is 15.9. The van der Waals surface area contributed by atoms with Crippen LogP contribution in [0.1, 0.15) is 79.6 Å². The van der Waals surface area contributed by atoms with Gasteiger partial charge in [-0.1, -0.05) is 56.9 Å². The molecule has 0 amide bonds. The Morgan fingerprint density at radius 3 is 2.41 bits per heavy atom. The minimum Gasteiger partial charge on any atom is -0.413 e. The molecule has 1 unspecified atom stereocenters. The van der Waals surface area contributed by atoms with Crippen LogP contribution >= 0.6 is 0 Å². The number of hydrogen-bond acceptors (Lipinski definition) is 3. The summed E-state index contributed by atoms with van der Waals surface area (Å²) in [4.78, 5) is 0. The second-order valence-corrected chi connectivity index (χ2v) is 14.7. The average molecular weight is 397 g/mol. The fourth-order valence-corrected chi connectivity index (χ4v) is 5.06. The quantitative estimate of drug-likeness (QED) is 0.372. The van der Waals surface area contributed by atoms with Gasteiger partial charge in [0.1, 0.15) is 0 Å². The lowest BCUT2D eigenvalue weighted by atomic mass is 9.81. The minimum atomic E-state index is -1.78. The van der Waals surface area contributed by atoms with E-state index in [2.05, 4.69) is 46.9 Å². The highest BCUT2D eigenvalue weighted by molar-refractivity contribution is 6.74. The molecule has 0 aromatic carbocycles. The average Bonchev–Trinajstić information content (AvgIpc) is 2.54. The molecular formula is C23H44O3Si. The molecule has 1 saturated carbocycles. The van der Waals surface area contributed by atoms with E-state index < -0.39 is 8.32 Å². The van der Waals surface area contributed by atoms with Crippen molar-refractivity contribution >= 4 is 8.32 Å². The van der Waals surface area contributed by atoms with Crippen LogP contribution in [0.5, 0.6) is 0 Å². The minimum absolute atomic E-state index is 0.102. The van der Waals surface area contributed by atoms with Gasteiger partial charge in [-0.2, -0.15) is 0 Å². The zero-order valence-electron chi connectivity index (χ0n) is 18.8. The largest absolute Gasteiger partial charge is 0.413 e. The van der Waals surface area contributed by atoms with Crippen molar-refractivity contribution in [1.82, 2.24) is 0 Å². The second-order valence-electron chi connectivity index (χ2n) is 9.91. The summed E-state index contributed by atoms with van der Waals surface area (Å²) in [6, 6.07) is 0. The van der Waals surface area contributed by atoms with E-state index in [-0.39, 0.29) is 17.7 Å². The van der Waals surface area contributed by atoms with Crippen molar-refractivity contribution in [1.29, 1.82) is 0 Å². The molecule has 3 nitrogen and oxygen atoms in total. The standard InChI is InChI=1S/C23H44O3Si/c1-18(15-16-24)11-10-12-20(25)17-19(2)21-13-8-9-14-22(21)26-27(6,7)23(3,4)5/h15,17,20-22,24-25H,8-14,16H2,1-7H3/b18-15-,19-17+/t20?,21-,22+/m1/s1. The maximum atomic E-state index is 10.5. The smallest absolute Gasteiger partial charge is 0.192 e. The Kier molecular flexibility index (Phi) is 9.97. The summed E-state index contributed by atoms with van der Waals surface area (Å²) >= 11 is 0. The Morgan fingerprint density at radius 1 is 1.19 bits per heavy atom. The molecule has 0 radical (unpaired) electrons. The molecule has 4 heteroatoms. The first-order valence-corrected chi connectivity index (χ1v) is 13.7. The zero-order chi connectivity index (χ0) is 20.7. The molecule has 0 bridgehead atoms. The third-order valence-electron chi connectivity index (χ3n) is 6.51. The van der Waals surface area contributed by atoms with Crippen molar-refractivity contribution in [2.24, 2.45) is 5.92 Å². The van der Waals surface area contributed by atoms with Crippen LogP contribution < -0.4 is 0 Å². The maximum absolute atomic E-state index is 10.5. The molecule has 0 heterocycles. The van der Waals surface area contributed by atoms with E-state index in [9.17, 15) is 5.11 Å². The van der Waals surface area contributed by atoms with Crippen molar-refractivity contribution in [3.63, 3.8) is 0 Å². The van der Waals surface area contributed by atoms with Crippen LogP contribution in [-0.2, 0) is 4.43 Å². The molecule has 0 aromatic heterocycles. The van der Waals surface area contributed by atoms with Gasteiger partial charge < -0.3 is 14.6 Å². The van der Waals surface area contributed by atoms with Crippen molar-refractivity contribution in [3.8, 4) is 0 Å². The summed E-state index contributed by atoms with van der Waals surface area (Å²) in [5.74, 6) is 0.443. The molecule has 1 rings (SSSR count). The fraction of sp³-hybridized carbons (Fsp3) is 0.826. The van der Waals surface area contributed by atoms with Crippen LogP contribution in [0.25, 0.3) is 0 Å². The van der Waals surface area contributed by atoms with Gasteiger partial charge in [-0.15, -0.1) is 0 Å². The van der Waals surface area contributed by atoms with Crippen LogP contribution in [-0.4, -0.2) is 37.3 Å². The lowest BCUT2D eigenvalue weighted by Gasteiger charge is -2.43. The third kappa shape index (κ3) is 8.22. The van der Waals surface area contributed by atoms with Crippen LogP contribution in [0, 0.1) is 5.92 Å². The molecule has 1 aliphatic rings. The summed E-state index contributed by atoms with van der Waals surface area (Å²) in [6.07, 6.45) is 11.3. The molecule has 1 aliphatic carbocycles. The Labute approximate surface area is 169 Å². The van der Waals surface area contributed by atoms with Crippen molar-refractivity contribution in [2.75, 3.05) is 6.61 Å². The monoisotopic (exact) mass is 396 g/mol. The summed E-state index contributed by atoms with van der Waals surface area (Å²) in [5.41, 5.74) is 2.49. The fourth-order valence-electron chi connectivity index (χ4n) is 3.67. The Morgan fingerprint density at radius 2 is 1.81 bits per heavy atom. The Balaban J connectivity index is 2.69. The molecule has 0 saturated heterocycles. The Hall–Kier alpha value is -0.423. The molecule has 0 aromatic rings. The second kappa shape index (κ2) is 10.9. The van der Waals surface area contributed by atoms with Gasteiger partial charge in [0.25, 0.3) is 0 Å². The van der Waals surface area contributed by atoms with Crippen molar-refractivity contribution in [3.05, 3.63) is 23.3 Å². The summed E-state index contributed by atoms with van der Waals surface area (Å²) in [5, 5.41) is 19.6. The lowest BCUT2D eigenvalue weighted by molar-refractivity contribution is 0.0951. The number of allylic oxidation sites excluding steroid dienone is 1. The van der Waals surface area contributed by atoms with E-state index in [4.69, 9.17) is 9.53 Å². The first kappa shape index (κ1) is 24.6. The van der Waals surface area contributed by atoms with E-state index in [0.29, 0.717) is 12.0 Å². The molecule has 0 aliphatic heterocycles. The van der Waals surface area contributed by atoms with Crippen molar-refractivity contribution in [2.45, 2.75) is 110 Å². The zero-order valence-corrected chi connectivity index (χ0v) is 19.8. The maximum Gasteiger partial charge on any atom is 0.192 e. The molecule has 27 heavy (non-hydrogen) atoms. The van der Waals surface area contributed by atoms with E-state index in [0.717, 1.165) is 25.7 Å². The number of aliphatic hydroxyl groups is 2. The predicted molar refractivity (Wildman–Crippen MR) is 118 cm³/mol. The van der Waals surface area contributed by atoms with E-state index in [1.54, 1.807) is 0 Å².